The van der Waals surface area contributed by atoms with Gasteiger partial charge in [0.1, 0.15) is 22.1 Å². The molecule has 4 nitrogen and oxygen atoms in total. The molecule has 0 radical (unpaired) electrons. The summed E-state index contributed by atoms with van der Waals surface area (Å²) in [4.78, 5) is 4.98. The maximum Gasteiger partial charge on any atom is 0.114 e. The molecule has 42 heavy (non-hydrogen) atoms. The van der Waals surface area contributed by atoms with E-state index in [2.05, 4.69) is 102 Å². The van der Waals surface area contributed by atoms with Gasteiger partial charge in [-0.05, 0) is 64.1 Å². The van der Waals surface area contributed by atoms with Crippen LogP contribution >= 0.6 is 46.1 Å². The average Bonchev–Trinajstić information content (AvgIpc) is 3.83. The van der Waals surface area contributed by atoms with E-state index in [-0.39, 0.29) is 0 Å². The molecule has 2 aromatic carbocycles. The van der Waals surface area contributed by atoms with E-state index in [4.69, 9.17) is 0 Å². The molecular weight excluding hydrogens is 593 g/mol. The van der Waals surface area contributed by atoms with Crippen molar-refractivity contribution >= 4 is 92.5 Å². The fraction of sp³-hybridized carbons (Fsp3) is 0.176. The van der Waals surface area contributed by atoms with Crippen molar-refractivity contribution in [2.24, 2.45) is 0 Å². The van der Waals surface area contributed by atoms with E-state index < -0.39 is 0 Å². The monoisotopic (exact) mass is 626 g/mol. The minimum Gasteiger partial charge on any atom is -0.172 e. The van der Waals surface area contributed by atoms with Crippen molar-refractivity contribution in [3.8, 4) is 20.9 Å². The maximum absolute atomic E-state index is 4.59. The summed E-state index contributed by atoms with van der Waals surface area (Å²) in [5.41, 5.74) is 8.58. The Bertz CT molecular complexity index is 1730. The quantitative estimate of drug-likeness (QED) is 0.185. The zero-order chi connectivity index (χ0) is 29.9. The van der Waals surface area contributed by atoms with E-state index in [1.807, 2.05) is 53.7 Å². The number of rotatable bonds is 6. The lowest BCUT2D eigenvalue weighted by molar-refractivity contribution is 1.50. The first-order valence-corrected chi connectivity index (χ1v) is 17.0. The van der Waals surface area contributed by atoms with Gasteiger partial charge in [0, 0.05) is 41.8 Å². The molecule has 0 saturated carbocycles. The molecule has 0 bridgehead atoms. The van der Waals surface area contributed by atoms with Gasteiger partial charge in [0.05, 0.1) is 23.5 Å². The second-order valence-electron chi connectivity index (χ2n) is 8.73. The third-order valence-electron chi connectivity index (χ3n) is 6.03. The molecule has 0 aliphatic heterocycles. The molecule has 0 saturated heterocycles. The Kier molecular flexibility index (Phi) is 11.7. The van der Waals surface area contributed by atoms with E-state index in [0.717, 1.165) is 33.2 Å². The molecule has 6 aromatic rings. The van der Waals surface area contributed by atoms with E-state index in [9.17, 15) is 0 Å². The standard InChI is InChI=1S/C20H16N2S3.C12H12N2S.C2H6/c1-3-5-13-7-11-17(23-13)15-9-10-16(20-19(15)21-25-22-20)18-12-8-14(24-18)6-4-2;1-3-5-9-7-8-10(6-4-2)12-11(9)13-15-14-12;1-2/h3-12H,1-2H3;3-8H,1-2H3;1-2H3/b2*5-3+,6-4+;. The molecule has 0 aliphatic rings. The van der Waals surface area contributed by atoms with Crippen LogP contribution in [0, 0.1) is 0 Å². The van der Waals surface area contributed by atoms with Gasteiger partial charge in [0.15, 0.2) is 0 Å². The van der Waals surface area contributed by atoms with Crippen LogP contribution in [0.1, 0.15) is 62.4 Å². The van der Waals surface area contributed by atoms with E-state index in [0.29, 0.717) is 0 Å². The zero-order valence-electron chi connectivity index (χ0n) is 24.7. The minimum absolute atomic E-state index is 0.994. The molecule has 0 unspecified atom stereocenters. The molecule has 0 spiro atoms. The average molecular weight is 627 g/mol. The Morgan fingerprint density at radius 3 is 1.21 bits per heavy atom. The van der Waals surface area contributed by atoms with Crippen molar-refractivity contribution in [3.05, 3.63) is 93.7 Å². The minimum atomic E-state index is 0.994. The highest BCUT2D eigenvalue weighted by Gasteiger charge is 2.15. The SMILES string of the molecule is C/C=C/c1ccc(-c2ccc(-c3ccc(/C=C/C)s3)c3nsnc23)s1.C/C=C/c1ccc(/C=C/C)c2nsnc12.CC. The smallest absolute Gasteiger partial charge is 0.114 e. The van der Waals surface area contributed by atoms with Crippen molar-refractivity contribution in [2.75, 3.05) is 0 Å². The molecule has 4 heterocycles. The normalized spacial score (nSPS) is 11.7. The number of allylic oxidation sites excluding steroid dienone is 4. The molecular formula is C34H34N4S4. The molecule has 0 amide bonds. The summed E-state index contributed by atoms with van der Waals surface area (Å²) in [5, 5.41) is 0. The van der Waals surface area contributed by atoms with Crippen LogP contribution in [0.2, 0.25) is 0 Å². The van der Waals surface area contributed by atoms with Gasteiger partial charge in [-0.2, -0.15) is 17.5 Å². The second-order valence-corrected chi connectivity index (χ2v) is 12.0. The number of hydrogen-bond donors (Lipinski definition) is 0. The summed E-state index contributed by atoms with van der Waals surface area (Å²) >= 11 is 6.12. The van der Waals surface area contributed by atoms with Gasteiger partial charge in [-0.15, -0.1) is 22.7 Å². The molecule has 8 heteroatoms. The van der Waals surface area contributed by atoms with Crippen molar-refractivity contribution in [2.45, 2.75) is 41.5 Å². The number of hydrogen-bond acceptors (Lipinski definition) is 8. The number of aromatic nitrogens is 4. The third kappa shape index (κ3) is 7.07. The fourth-order valence-electron chi connectivity index (χ4n) is 4.30. The molecule has 0 N–H and O–H groups in total. The predicted octanol–water partition coefficient (Wildman–Crippen LogP) is 12.0. The highest BCUT2D eigenvalue weighted by Crippen LogP contribution is 2.39. The fourth-order valence-corrected chi connectivity index (χ4v) is 7.47. The second kappa shape index (κ2) is 15.6. The van der Waals surface area contributed by atoms with Gasteiger partial charge in [-0.1, -0.05) is 74.6 Å². The summed E-state index contributed by atoms with van der Waals surface area (Å²) < 4.78 is 17.8. The van der Waals surface area contributed by atoms with Gasteiger partial charge < -0.3 is 0 Å². The van der Waals surface area contributed by atoms with Crippen LogP contribution in [0.5, 0.6) is 0 Å². The summed E-state index contributed by atoms with van der Waals surface area (Å²) in [6.45, 7) is 12.1. The Morgan fingerprint density at radius 2 is 0.833 bits per heavy atom. The number of fused-ring (bicyclic) bond motifs is 2. The van der Waals surface area contributed by atoms with Crippen LogP contribution in [0.15, 0.2) is 72.8 Å². The predicted molar refractivity (Wildman–Crippen MR) is 192 cm³/mol. The van der Waals surface area contributed by atoms with Gasteiger partial charge in [0.2, 0.25) is 0 Å². The van der Waals surface area contributed by atoms with Crippen LogP contribution in [0.4, 0.5) is 0 Å². The Labute approximate surface area is 264 Å². The Morgan fingerprint density at radius 1 is 0.452 bits per heavy atom. The zero-order valence-corrected chi connectivity index (χ0v) is 27.9. The topological polar surface area (TPSA) is 51.6 Å². The summed E-state index contributed by atoms with van der Waals surface area (Å²) in [5.74, 6) is 0. The van der Waals surface area contributed by atoms with Crippen LogP contribution in [0.25, 0.3) is 67.3 Å². The van der Waals surface area contributed by atoms with Gasteiger partial charge in [0.25, 0.3) is 0 Å². The lowest BCUT2D eigenvalue weighted by Crippen LogP contribution is -1.81. The maximum atomic E-state index is 4.59. The van der Waals surface area contributed by atoms with Crippen molar-refractivity contribution in [3.63, 3.8) is 0 Å². The molecule has 0 aliphatic carbocycles. The van der Waals surface area contributed by atoms with Gasteiger partial charge in [-0.25, -0.2) is 0 Å². The van der Waals surface area contributed by atoms with Gasteiger partial charge in [-0.3, -0.25) is 0 Å². The number of thiophene rings is 2. The third-order valence-corrected chi connectivity index (χ3v) is 9.26. The van der Waals surface area contributed by atoms with Crippen LogP contribution in [-0.4, -0.2) is 17.5 Å². The summed E-state index contributed by atoms with van der Waals surface area (Å²) in [7, 11) is 0. The van der Waals surface area contributed by atoms with E-state index >= 15 is 0 Å². The van der Waals surface area contributed by atoms with Crippen molar-refractivity contribution < 1.29 is 0 Å². The van der Waals surface area contributed by atoms with Crippen LogP contribution in [-0.2, 0) is 0 Å². The van der Waals surface area contributed by atoms with Gasteiger partial charge >= 0.3 is 0 Å². The molecule has 214 valence electrons. The lowest BCUT2D eigenvalue weighted by atomic mass is 10.1. The van der Waals surface area contributed by atoms with E-state index in [1.165, 1.54) is 54.1 Å². The summed E-state index contributed by atoms with van der Waals surface area (Å²) in [6.07, 6.45) is 16.6. The lowest BCUT2D eigenvalue weighted by Gasteiger charge is -2.03. The highest BCUT2D eigenvalue weighted by atomic mass is 32.1. The first kappa shape index (κ1) is 31.4. The van der Waals surface area contributed by atoms with Crippen molar-refractivity contribution in [1.82, 2.24) is 17.5 Å². The largest absolute Gasteiger partial charge is 0.172 e. The molecule has 0 fully saturated rings. The van der Waals surface area contributed by atoms with Crippen molar-refractivity contribution in [1.29, 1.82) is 0 Å². The van der Waals surface area contributed by atoms with E-state index in [1.54, 1.807) is 22.7 Å². The Hall–Kier alpha value is -3.56. The number of nitrogens with zero attached hydrogens (tertiary/aromatic N) is 4. The first-order valence-electron chi connectivity index (χ1n) is 13.9. The first-order chi connectivity index (χ1) is 20.7. The summed E-state index contributed by atoms with van der Waals surface area (Å²) in [6, 6.07) is 17.2. The van der Waals surface area contributed by atoms with Crippen LogP contribution in [0.3, 0.4) is 0 Å². The molecule has 4 aromatic heterocycles. The molecule has 6 rings (SSSR count). The Balaban J connectivity index is 0.000000204. The highest BCUT2D eigenvalue weighted by molar-refractivity contribution is 7.17. The van der Waals surface area contributed by atoms with Crippen LogP contribution < -0.4 is 0 Å². The number of benzene rings is 2. The molecule has 0 atom stereocenters.